The van der Waals surface area contributed by atoms with Gasteiger partial charge in [-0.25, -0.2) is 0 Å². The molecule has 0 radical (unpaired) electrons. The highest BCUT2D eigenvalue weighted by Gasteiger charge is 2.37. The van der Waals surface area contributed by atoms with Crippen molar-refractivity contribution in [3.63, 3.8) is 0 Å². The van der Waals surface area contributed by atoms with Gasteiger partial charge in [-0.1, -0.05) is 6.92 Å². The largest absolute Gasteiger partial charge is 0.286 e. The molecule has 1 aliphatic heterocycles. The fourth-order valence-electron chi connectivity index (χ4n) is 0.613. The predicted molar refractivity (Wildman–Crippen MR) is 31.4 cm³/mol. The molecular formula is C5H6O2S. The van der Waals surface area contributed by atoms with E-state index in [9.17, 15) is 9.59 Å². The summed E-state index contributed by atoms with van der Waals surface area (Å²) in [5.41, 5.74) is 0. The third kappa shape index (κ3) is 0.668. The first-order valence-electron chi connectivity index (χ1n) is 2.51. The second kappa shape index (κ2) is 1.90. The molecule has 1 aliphatic rings. The lowest BCUT2D eigenvalue weighted by Crippen LogP contribution is -2.30. The molecule has 3 heteroatoms. The minimum Gasteiger partial charge on any atom is -0.286 e. The first-order valence-corrected chi connectivity index (χ1v) is 3.33. The minimum absolute atomic E-state index is 0.0394. The molecule has 1 rings (SSSR count). The highest BCUT2D eigenvalue weighted by molar-refractivity contribution is 8.29. The average molecular weight is 130 g/mol. The summed E-state index contributed by atoms with van der Waals surface area (Å²) in [6.07, 6.45) is 0.671. The van der Waals surface area contributed by atoms with E-state index in [1.54, 1.807) is 0 Å². The van der Waals surface area contributed by atoms with Crippen LogP contribution in [0.15, 0.2) is 0 Å². The molecule has 0 bridgehead atoms. The third-order valence-electron chi connectivity index (χ3n) is 1.18. The Morgan fingerprint density at radius 2 is 2.00 bits per heavy atom. The van der Waals surface area contributed by atoms with Gasteiger partial charge in [-0.2, -0.15) is 0 Å². The summed E-state index contributed by atoms with van der Waals surface area (Å²) >= 11 is 0.838. The smallest absolute Gasteiger partial charge is 0.207 e. The van der Waals surface area contributed by atoms with Crippen LogP contribution in [0.1, 0.15) is 13.3 Å². The topological polar surface area (TPSA) is 34.1 Å². The van der Waals surface area contributed by atoms with Gasteiger partial charge in [0.05, 0.1) is 5.92 Å². The van der Waals surface area contributed by atoms with Crippen molar-refractivity contribution in [1.29, 1.82) is 0 Å². The Morgan fingerprint density at radius 3 is 2.12 bits per heavy atom. The summed E-state index contributed by atoms with van der Waals surface area (Å²) in [6, 6.07) is 0. The third-order valence-corrected chi connectivity index (χ3v) is 2.15. The highest BCUT2D eigenvalue weighted by atomic mass is 32.2. The van der Waals surface area contributed by atoms with E-state index in [4.69, 9.17) is 0 Å². The minimum atomic E-state index is -0.264. The van der Waals surface area contributed by atoms with Gasteiger partial charge in [0.1, 0.15) is 0 Å². The molecule has 0 saturated carbocycles. The average Bonchev–Trinajstić information content (AvgIpc) is 1.67. The molecule has 0 spiro atoms. The van der Waals surface area contributed by atoms with Crippen LogP contribution in [0.3, 0.4) is 0 Å². The van der Waals surface area contributed by atoms with Crippen molar-refractivity contribution in [3.05, 3.63) is 0 Å². The van der Waals surface area contributed by atoms with E-state index in [-0.39, 0.29) is 16.1 Å². The van der Waals surface area contributed by atoms with Gasteiger partial charge in [-0.3, -0.25) is 9.59 Å². The van der Waals surface area contributed by atoms with Crippen LogP contribution in [0, 0.1) is 5.92 Å². The van der Waals surface area contributed by atoms with Gasteiger partial charge < -0.3 is 0 Å². The summed E-state index contributed by atoms with van der Waals surface area (Å²) in [4.78, 5) is 20.8. The summed E-state index contributed by atoms with van der Waals surface area (Å²) < 4.78 is 0. The van der Waals surface area contributed by atoms with E-state index in [2.05, 4.69) is 0 Å². The summed E-state index contributed by atoms with van der Waals surface area (Å²) in [7, 11) is 0. The molecule has 0 N–H and O–H groups in total. The lowest BCUT2D eigenvalue weighted by molar-refractivity contribution is -0.126. The molecule has 0 aliphatic carbocycles. The highest BCUT2D eigenvalue weighted by Crippen LogP contribution is 2.31. The molecule has 2 nitrogen and oxygen atoms in total. The normalized spacial score (nSPS) is 21.1. The van der Waals surface area contributed by atoms with Crippen LogP contribution in [0.2, 0.25) is 0 Å². The van der Waals surface area contributed by atoms with Crippen LogP contribution in [-0.4, -0.2) is 10.2 Å². The molecular weight excluding hydrogens is 124 g/mol. The number of thioether (sulfide) groups is 1. The fourth-order valence-corrected chi connectivity index (χ4v) is 1.46. The Balaban J connectivity index is 2.52. The fraction of sp³-hybridized carbons (Fsp3) is 0.600. The first kappa shape index (κ1) is 5.82. The number of rotatable bonds is 1. The monoisotopic (exact) mass is 130 g/mol. The van der Waals surface area contributed by atoms with Crippen molar-refractivity contribution in [3.8, 4) is 0 Å². The van der Waals surface area contributed by atoms with Gasteiger partial charge in [0.15, 0.2) is 0 Å². The Bertz CT molecular complexity index is 127. The zero-order chi connectivity index (χ0) is 6.15. The zero-order valence-corrected chi connectivity index (χ0v) is 5.33. The molecule has 0 amide bonds. The lowest BCUT2D eigenvalue weighted by Gasteiger charge is -2.17. The van der Waals surface area contributed by atoms with Gasteiger partial charge in [0.2, 0.25) is 10.2 Å². The Morgan fingerprint density at radius 1 is 1.50 bits per heavy atom. The number of hydrogen-bond acceptors (Lipinski definition) is 3. The molecule has 1 saturated heterocycles. The molecule has 0 aromatic rings. The maximum absolute atomic E-state index is 10.4. The maximum Gasteiger partial charge on any atom is 0.207 e. The Labute approximate surface area is 51.6 Å². The van der Waals surface area contributed by atoms with Gasteiger partial charge >= 0.3 is 0 Å². The van der Waals surface area contributed by atoms with Crippen LogP contribution in [-0.2, 0) is 9.59 Å². The predicted octanol–water partition coefficient (Wildman–Crippen LogP) is 0.813. The van der Waals surface area contributed by atoms with Crippen LogP contribution in [0.4, 0.5) is 0 Å². The summed E-state index contributed by atoms with van der Waals surface area (Å²) in [5, 5.41) is 0.0787. The van der Waals surface area contributed by atoms with Crippen molar-refractivity contribution in [2.24, 2.45) is 5.92 Å². The Hall–Kier alpha value is -0.310. The molecule has 1 heterocycles. The van der Waals surface area contributed by atoms with E-state index in [0.29, 0.717) is 6.42 Å². The Kier molecular flexibility index (Phi) is 1.38. The van der Waals surface area contributed by atoms with Crippen molar-refractivity contribution < 1.29 is 9.59 Å². The molecule has 44 valence electrons. The lowest BCUT2D eigenvalue weighted by atomic mass is 10.1. The number of carbonyl (C=O) groups excluding carboxylic acids is 2. The van der Waals surface area contributed by atoms with Gasteiger partial charge in [-0.15, -0.1) is 0 Å². The van der Waals surface area contributed by atoms with Gasteiger partial charge in [0.25, 0.3) is 0 Å². The van der Waals surface area contributed by atoms with Crippen molar-refractivity contribution >= 4 is 22.0 Å². The number of hydrogen-bond donors (Lipinski definition) is 0. The maximum atomic E-state index is 10.4. The zero-order valence-electron chi connectivity index (χ0n) is 4.51. The summed E-state index contributed by atoms with van der Waals surface area (Å²) in [6.45, 7) is 1.85. The molecule has 0 atom stereocenters. The van der Waals surface area contributed by atoms with Crippen LogP contribution >= 0.6 is 11.8 Å². The molecule has 0 aromatic heterocycles. The molecule has 8 heavy (non-hydrogen) atoms. The quantitative estimate of drug-likeness (QED) is 0.493. The standard InChI is InChI=1S/C5H6O2S/c1-2-3-4(6)8-5(3)7/h3H,2H2,1H3. The van der Waals surface area contributed by atoms with Crippen LogP contribution in [0.25, 0.3) is 0 Å². The van der Waals surface area contributed by atoms with Crippen LogP contribution in [0.5, 0.6) is 0 Å². The second-order valence-corrected chi connectivity index (χ2v) is 2.71. The molecule has 0 unspecified atom stereocenters. The molecule has 0 aromatic carbocycles. The molecule has 1 fully saturated rings. The number of carbonyl (C=O) groups is 2. The van der Waals surface area contributed by atoms with E-state index >= 15 is 0 Å². The van der Waals surface area contributed by atoms with Crippen LogP contribution < -0.4 is 0 Å². The van der Waals surface area contributed by atoms with E-state index < -0.39 is 0 Å². The van der Waals surface area contributed by atoms with Crippen molar-refractivity contribution in [2.45, 2.75) is 13.3 Å². The van der Waals surface area contributed by atoms with Crippen molar-refractivity contribution in [1.82, 2.24) is 0 Å². The van der Waals surface area contributed by atoms with Crippen molar-refractivity contribution in [2.75, 3.05) is 0 Å². The van der Waals surface area contributed by atoms with Gasteiger partial charge in [0, 0.05) is 0 Å². The second-order valence-electron chi connectivity index (χ2n) is 1.70. The summed E-state index contributed by atoms with van der Waals surface area (Å²) in [5.74, 6) is -0.264. The van der Waals surface area contributed by atoms with E-state index in [1.807, 2.05) is 6.92 Å². The van der Waals surface area contributed by atoms with E-state index in [1.165, 1.54) is 0 Å². The SMILES string of the molecule is CCC1C(=O)SC1=O. The van der Waals surface area contributed by atoms with E-state index in [0.717, 1.165) is 11.8 Å². The van der Waals surface area contributed by atoms with Gasteiger partial charge in [-0.05, 0) is 18.2 Å². The first-order chi connectivity index (χ1) is 3.75.